The van der Waals surface area contributed by atoms with Crippen molar-refractivity contribution in [3.63, 3.8) is 0 Å². The molecule has 1 aromatic rings. The summed E-state index contributed by atoms with van der Waals surface area (Å²) in [6.45, 7) is 7.04. The number of thiophene rings is 1. The molecule has 2 heterocycles. The Bertz CT molecular complexity index is 372. The molecule has 1 unspecified atom stereocenters. The van der Waals surface area contributed by atoms with Crippen LogP contribution in [0.1, 0.15) is 47.9 Å². The monoisotopic (exact) mass is 221 g/mol. The number of hydrogen-bond donors (Lipinski definition) is 1. The van der Waals surface area contributed by atoms with Crippen molar-refractivity contribution >= 4 is 11.3 Å². The fourth-order valence-corrected chi connectivity index (χ4v) is 4.33. The van der Waals surface area contributed by atoms with Crippen molar-refractivity contribution in [3.8, 4) is 0 Å². The first-order valence-corrected chi connectivity index (χ1v) is 6.87. The van der Waals surface area contributed by atoms with E-state index >= 15 is 0 Å². The highest BCUT2D eigenvalue weighted by Crippen LogP contribution is 2.47. The van der Waals surface area contributed by atoms with Crippen LogP contribution in [0.15, 0.2) is 6.07 Å². The quantitative estimate of drug-likeness (QED) is 0.768. The van der Waals surface area contributed by atoms with Gasteiger partial charge in [0.2, 0.25) is 0 Å². The van der Waals surface area contributed by atoms with E-state index in [-0.39, 0.29) is 0 Å². The maximum Gasteiger partial charge on any atom is 0.0104 e. The molecule has 0 saturated carbocycles. The molecule has 2 aliphatic rings. The first-order valence-electron chi connectivity index (χ1n) is 6.05. The summed E-state index contributed by atoms with van der Waals surface area (Å²) in [5, 5.41) is 3.54. The third kappa shape index (κ3) is 1.38. The van der Waals surface area contributed by atoms with E-state index in [1.54, 1.807) is 15.3 Å². The zero-order valence-electron chi connectivity index (χ0n) is 9.60. The van der Waals surface area contributed by atoms with E-state index in [0.717, 1.165) is 0 Å². The molecule has 2 heteroatoms. The van der Waals surface area contributed by atoms with Crippen molar-refractivity contribution in [3.05, 3.63) is 21.4 Å². The Kier molecular flexibility index (Phi) is 2.18. The lowest BCUT2D eigenvalue weighted by Crippen LogP contribution is -2.25. The first kappa shape index (κ1) is 9.86. The van der Waals surface area contributed by atoms with Gasteiger partial charge in [0.1, 0.15) is 0 Å². The lowest BCUT2D eigenvalue weighted by molar-refractivity contribution is 0.468. The molecule has 1 atom stereocenters. The Morgan fingerprint density at radius 1 is 1.40 bits per heavy atom. The largest absolute Gasteiger partial charge is 0.316 e. The van der Waals surface area contributed by atoms with Gasteiger partial charge in [-0.1, -0.05) is 13.8 Å². The fourth-order valence-electron chi connectivity index (χ4n) is 3.04. The van der Waals surface area contributed by atoms with Crippen LogP contribution in [0, 0.1) is 0 Å². The van der Waals surface area contributed by atoms with Crippen LogP contribution in [0.5, 0.6) is 0 Å². The average Bonchev–Trinajstić information content (AvgIpc) is 2.88. The van der Waals surface area contributed by atoms with E-state index in [1.165, 1.54) is 32.4 Å². The molecule has 0 amide bonds. The average molecular weight is 221 g/mol. The molecule has 1 fully saturated rings. The van der Waals surface area contributed by atoms with Gasteiger partial charge in [0, 0.05) is 21.7 Å². The normalized spacial score (nSPS) is 29.3. The van der Waals surface area contributed by atoms with E-state index in [4.69, 9.17) is 0 Å². The van der Waals surface area contributed by atoms with Crippen LogP contribution in [-0.2, 0) is 11.8 Å². The molecule has 1 aliphatic heterocycles. The van der Waals surface area contributed by atoms with Gasteiger partial charge >= 0.3 is 0 Å². The smallest absolute Gasteiger partial charge is 0.0104 e. The van der Waals surface area contributed by atoms with E-state index in [2.05, 4.69) is 36.6 Å². The number of aryl methyl sites for hydroxylation is 1. The maximum atomic E-state index is 3.54. The highest BCUT2D eigenvalue weighted by atomic mass is 32.1. The van der Waals surface area contributed by atoms with Gasteiger partial charge in [0.25, 0.3) is 0 Å². The molecule has 82 valence electrons. The molecular weight excluding hydrogens is 202 g/mol. The number of hydrogen-bond acceptors (Lipinski definition) is 2. The van der Waals surface area contributed by atoms with Gasteiger partial charge in [0.05, 0.1) is 0 Å². The van der Waals surface area contributed by atoms with Crippen LogP contribution in [-0.4, -0.2) is 13.1 Å². The third-order valence-corrected chi connectivity index (χ3v) is 5.54. The molecule has 0 aromatic carbocycles. The van der Waals surface area contributed by atoms with Crippen LogP contribution >= 0.6 is 11.3 Å². The minimum Gasteiger partial charge on any atom is -0.316 e. The summed E-state index contributed by atoms with van der Waals surface area (Å²) in [5.74, 6) is 0.701. The van der Waals surface area contributed by atoms with Crippen molar-refractivity contribution in [1.29, 1.82) is 0 Å². The third-order valence-electron chi connectivity index (χ3n) is 4.04. The summed E-state index contributed by atoms with van der Waals surface area (Å²) in [4.78, 5) is 3.27. The predicted octanol–water partition coefficient (Wildman–Crippen LogP) is 3.05. The zero-order chi connectivity index (χ0) is 10.5. The lowest BCUT2D eigenvalue weighted by atomic mass is 9.82. The van der Waals surface area contributed by atoms with Crippen molar-refractivity contribution in [2.24, 2.45) is 0 Å². The predicted molar refractivity (Wildman–Crippen MR) is 65.9 cm³/mol. The Labute approximate surface area is 95.9 Å². The van der Waals surface area contributed by atoms with Crippen LogP contribution in [0.4, 0.5) is 0 Å². The molecule has 1 aliphatic carbocycles. The summed E-state index contributed by atoms with van der Waals surface area (Å²) in [5.41, 5.74) is 2.22. The maximum absolute atomic E-state index is 3.54. The Balaban J connectivity index is 2.01. The number of nitrogens with one attached hydrogen (secondary N) is 1. The summed E-state index contributed by atoms with van der Waals surface area (Å²) >= 11 is 2.06. The molecule has 1 saturated heterocycles. The van der Waals surface area contributed by atoms with Crippen molar-refractivity contribution in [2.45, 2.75) is 44.4 Å². The van der Waals surface area contributed by atoms with Crippen LogP contribution in [0.2, 0.25) is 0 Å². The summed E-state index contributed by atoms with van der Waals surface area (Å²) in [6, 6.07) is 2.50. The topological polar surface area (TPSA) is 12.0 Å². The molecule has 1 spiro atoms. The van der Waals surface area contributed by atoms with Crippen LogP contribution in [0.3, 0.4) is 0 Å². The Morgan fingerprint density at radius 3 is 2.93 bits per heavy atom. The first-order chi connectivity index (χ1) is 7.21. The van der Waals surface area contributed by atoms with E-state index < -0.39 is 0 Å². The zero-order valence-corrected chi connectivity index (χ0v) is 10.4. The minimum absolute atomic E-state index is 0.527. The lowest BCUT2D eigenvalue weighted by Gasteiger charge is -2.22. The van der Waals surface area contributed by atoms with Gasteiger partial charge in [0.15, 0.2) is 0 Å². The second-order valence-corrected chi connectivity index (χ2v) is 6.52. The van der Waals surface area contributed by atoms with Crippen molar-refractivity contribution in [1.82, 2.24) is 5.32 Å². The summed E-state index contributed by atoms with van der Waals surface area (Å²) in [7, 11) is 0. The number of rotatable bonds is 1. The molecule has 0 radical (unpaired) electrons. The summed E-state index contributed by atoms with van der Waals surface area (Å²) in [6.07, 6.45) is 4.07. The summed E-state index contributed by atoms with van der Waals surface area (Å²) < 4.78 is 0. The Hall–Kier alpha value is -0.340. The molecular formula is C13H19NS. The molecule has 1 nitrogen and oxygen atoms in total. The van der Waals surface area contributed by atoms with Gasteiger partial charge in [-0.2, -0.15) is 0 Å². The van der Waals surface area contributed by atoms with Crippen LogP contribution < -0.4 is 5.32 Å². The van der Waals surface area contributed by atoms with Crippen molar-refractivity contribution < 1.29 is 0 Å². The standard InChI is InChI=1S/C13H19NS/c1-9(2)12-7-10-11(15-12)3-4-13(10)5-6-14-8-13/h7,9,14H,3-6,8H2,1-2H3. The molecule has 15 heavy (non-hydrogen) atoms. The van der Waals surface area contributed by atoms with Gasteiger partial charge < -0.3 is 5.32 Å². The number of fused-ring (bicyclic) bond motifs is 2. The second kappa shape index (κ2) is 3.33. The van der Waals surface area contributed by atoms with Gasteiger partial charge in [-0.15, -0.1) is 11.3 Å². The molecule has 0 bridgehead atoms. The highest BCUT2D eigenvalue weighted by molar-refractivity contribution is 7.12. The molecule has 1 aromatic heterocycles. The van der Waals surface area contributed by atoms with Gasteiger partial charge in [-0.3, -0.25) is 0 Å². The SMILES string of the molecule is CC(C)c1cc2c(s1)CCC21CCNC1. The second-order valence-electron chi connectivity index (χ2n) is 5.35. The van der Waals surface area contributed by atoms with E-state index in [1.807, 2.05) is 0 Å². The Morgan fingerprint density at radius 2 is 2.27 bits per heavy atom. The molecule has 1 N–H and O–H groups in total. The van der Waals surface area contributed by atoms with E-state index in [9.17, 15) is 0 Å². The van der Waals surface area contributed by atoms with Gasteiger partial charge in [-0.25, -0.2) is 0 Å². The van der Waals surface area contributed by atoms with Gasteiger partial charge in [-0.05, 0) is 43.4 Å². The van der Waals surface area contributed by atoms with E-state index in [0.29, 0.717) is 11.3 Å². The molecule has 3 rings (SSSR count). The fraction of sp³-hybridized carbons (Fsp3) is 0.692. The highest BCUT2D eigenvalue weighted by Gasteiger charge is 2.42. The van der Waals surface area contributed by atoms with Crippen molar-refractivity contribution in [2.75, 3.05) is 13.1 Å². The van der Waals surface area contributed by atoms with Crippen LogP contribution in [0.25, 0.3) is 0 Å². The minimum atomic E-state index is 0.527.